The standard InChI is InChI=1S/C19H22N2O4S2/c1-5-24-18(22)16-11-20-17(26-16)15-10-13(21-27(23)19(2,3)4)12-8-6-7-9-14(12)25-15/h6-9,11,15H,5,10H2,1-4H3/t15-,27?/m1/s1. The van der Waals surface area contributed by atoms with E-state index in [0.29, 0.717) is 28.7 Å². The number of carbonyl (C=O) groups is 1. The molecule has 0 aliphatic carbocycles. The van der Waals surface area contributed by atoms with E-state index in [0.717, 1.165) is 11.3 Å². The lowest BCUT2D eigenvalue weighted by atomic mass is 10.0. The van der Waals surface area contributed by atoms with Gasteiger partial charge in [0.05, 0.1) is 12.8 Å². The summed E-state index contributed by atoms with van der Waals surface area (Å²) in [5, 5.41) is 0.668. The molecule has 2 heterocycles. The first-order valence-electron chi connectivity index (χ1n) is 8.68. The van der Waals surface area contributed by atoms with Crippen LogP contribution in [-0.2, 0) is 16.1 Å². The smallest absolute Gasteiger partial charge is 0.349 e. The molecule has 0 fully saturated rings. The molecule has 27 heavy (non-hydrogen) atoms. The Bertz CT molecular complexity index is 857. The maximum absolute atomic E-state index is 12.6. The molecule has 1 aromatic carbocycles. The van der Waals surface area contributed by atoms with Crippen LogP contribution in [0.15, 0.2) is 34.9 Å². The number of fused-ring (bicyclic) bond motifs is 1. The predicted molar refractivity (Wildman–Crippen MR) is 107 cm³/mol. The first-order chi connectivity index (χ1) is 12.8. The summed E-state index contributed by atoms with van der Waals surface area (Å²) in [4.78, 5) is 16.7. The van der Waals surface area contributed by atoms with E-state index in [4.69, 9.17) is 9.47 Å². The van der Waals surface area contributed by atoms with Gasteiger partial charge in [-0.15, -0.1) is 11.3 Å². The minimum absolute atomic E-state index is 0.314. The maximum atomic E-state index is 12.6. The second kappa shape index (κ2) is 8.00. The first-order valence-corrected chi connectivity index (χ1v) is 10.6. The summed E-state index contributed by atoms with van der Waals surface area (Å²) >= 11 is -0.130. The van der Waals surface area contributed by atoms with Gasteiger partial charge in [-0.25, -0.2) is 9.78 Å². The molecule has 0 spiro atoms. The zero-order valence-electron chi connectivity index (χ0n) is 15.7. The van der Waals surface area contributed by atoms with Crippen molar-refractivity contribution in [3.8, 4) is 5.75 Å². The fourth-order valence-corrected chi connectivity index (χ4v) is 3.97. The maximum Gasteiger partial charge on any atom is 0.349 e. The Kier molecular flexibility index (Phi) is 5.88. The fourth-order valence-electron chi connectivity index (χ4n) is 2.48. The minimum atomic E-state index is -1.38. The van der Waals surface area contributed by atoms with Gasteiger partial charge in [0, 0.05) is 12.0 Å². The van der Waals surface area contributed by atoms with Gasteiger partial charge in [0.25, 0.3) is 0 Å². The van der Waals surface area contributed by atoms with Crippen LogP contribution >= 0.6 is 11.3 Å². The quantitative estimate of drug-likeness (QED) is 0.564. The number of hydrogen-bond donors (Lipinski definition) is 0. The number of benzene rings is 1. The molecule has 0 saturated heterocycles. The number of aromatic nitrogens is 1. The fraction of sp³-hybridized carbons (Fsp3) is 0.421. The molecule has 1 aromatic heterocycles. The van der Waals surface area contributed by atoms with E-state index in [1.807, 2.05) is 45.0 Å². The number of thiazole rings is 1. The zero-order valence-corrected chi connectivity index (χ0v) is 17.4. The normalized spacial score (nSPS) is 19.3. The zero-order chi connectivity index (χ0) is 19.6. The van der Waals surface area contributed by atoms with Gasteiger partial charge in [0.2, 0.25) is 0 Å². The Morgan fingerprint density at radius 1 is 1.44 bits per heavy atom. The van der Waals surface area contributed by atoms with E-state index in [9.17, 15) is 9.35 Å². The van der Waals surface area contributed by atoms with Crippen LogP contribution < -0.4 is 4.74 Å². The van der Waals surface area contributed by atoms with Gasteiger partial charge in [0.15, 0.2) is 6.10 Å². The van der Waals surface area contributed by atoms with Crippen molar-refractivity contribution in [2.45, 2.75) is 45.0 Å². The van der Waals surface area contributed by atoms with Crippen molar-refractivity contribution in [3.05, 3.63) is 45.9 Å². The van der Waals surface area contributed by atoms with E-state index in [1.54, 1.807) is 6.92 Å². The Morgan fingerprint density at radius 2 is 2.19 bits per heavy atom. The van der Waals surface area contributed by atoms with Crippen molar-refractivity contribution >= 4 is 34.4 Å². The van der Waals surface area contributed by atoms with E-state index in [2.05, 4.69) is 9.38 Å². The summed E-state index contributed by atoms with van der Waals surface area (Å²) in [6, 6.07) is 7.55. The van der Waals surface area contributed by atoms with Gasteiger partial charge in [-0.3, -0.25) is 0 Å². The summed E-state index contributed by atoms with van der Waals surface area (Å²) in [5.41, 5.74) is 1.57. The Hall–Kier alpha value is -1.90. The third-order valence-corrected chi connectivity index (χ3v) is 6.34. The summed E-state index contributed by atoms with van der Waals surface area (Å²) < 4.78 is 27.7. The Morgan fingerprint density at radius 3 is 2.89 bits per heavy atom. The molecule has 3 rings (SSSR count). The molecule has 0 bridgehead atoms. The third kappa shape index (κ3) is 4.51. The van der Waals surface area contributed by atoms with Crippen molar-refractivity contribution in [3.63, 3.8) is 0 Å². The molecular formula is C19H22N2O4S2. The van der Waals surface area contributed by atoms with Gasteiger partial charge < -0.3 is 14.0 Å². The van der Waals surface area contributed by atoms with Crippen LogP contribution in [0.3, 0.4) is 0 Å². The highest BCUT2D eigenvalue weighted by Gasteiger charge is 2.33. The van der Waals surface area contributed by atoms with E-state index in [1.165, 1.54) is 17.5 Å². The first kappa shape index (κ1) is 19.9. The Balaban J connectivity index is 1.92. The minimum Gasteiger partial charge on any atom is -0.591 e. The monoisotopic (exact) mass is 406 g/mol. The molecule has 1 aliphatic heterocycles. The highest BCUT2D eigenvalue weighted by Crippen LogP contribution is 2.37. The van der Waals surface area contributed by atoms with E-state index >= 15 is 0 Å². The molecule has 1 aliphatic rings. The van der Waals surface area contributed by atoms with Gasteiger partial charge in [0.1, 0.15) is 37.5 Å². The SMILES string of the molecule is CCOC(=O)c1cnc([C@H]2CC(=N[S+]([O-])C(C)(C)C)c3ccccc3O2)s1. The number of esters is 1. The van der Waals surface area contributed by atoms with E-state index < -0.39 is 16.1 Å². The average Bonchev–Trinajstić information content (AvgIpc) is 3.11. The highest BCUT2D eigenvalue weighted by molar-refractivity contribution is 7.91. The topological polar surface area (TPSA) is 83.8 Å². The molecule has 6 nitrogen and oxygen atoms in total. The second-order valence-corrected chi connectivity index (χ2v) is 9.96. The number of nitrogens with zero attached hydrogens (tertiary/aromatic N) is 2. The second-order valence-electron chi connectivity index (χ2n) is 6.99. The molecule has 0 saturated carbocycles. The van der Waals surface area contributed by atoms with Crippen molar-refractivity contribution in [1.82, 2.24) is 4.98 Å². The number of hydrogen-bond acceptors (Lipinski definition) is 7. The number of ether oxygens (including phenoxy) is 2. The van der Waals surface area contributed by atoms with Crippen LogP contribution in [0.5, 0.6) is 5.75 Å². The summed E-state index contributed by atoms with van der Waals surface area (Å²) in [5.74, 6) is 0.284. The Labute approximate surface area is 166 Å². The van der Waals surface area contributed by atoms with Crippen molar-refractivity contribution in [1.29, 1.82) is 0 Å². The summed E-state index contributed by atoms with van der Waals surface area (Å²) in [7, 11) is 0. The summed E-state index contributed by atoms with van der Waals surface area (Å²) in [6.07, 6.45) is 1.56. The number of carbonyl (C=O) groups excluding carboxylic acids is 1. The number of rotatable bonds is 4. The molecule has 1 unspecified atom stereocenters. The van der Waals surface area contributed by atoms with Gasteiger partial charge >= 0.3 is 5.97 Å². The van der Waals surface area contributed by atoms with Gasteiger partial charge in [-0.05, 0) is 39.8 Å². The largest absolute Gasteiger partial charge is 0.591 e. The molecule has 2 aromatic rings. The number of para-hydroxylation sites is 1. The average molecular weight is 407 g/mol. The lowest BCUT2D eigenvalue weighted by molar-refractivity contribution is 0.0532. The molecule has 2 atom stereocenters. The van der Waals surface area contributed by atoms with Crippen LogP contribution in [0, 0.1) is 0 Å². The van der Waals surface area contributed by atoms with Crippen LogP contribution in [0.25, 0.3) is 0 Å². The van der Waals surface area contributed by atoms with Crippen LogP contribution in [0.2, 0.25) is 0 Å². The highest BCUT2D eigenvalue weighted by atomic mass is 32.2. The van der Waals surface area contributed by atoms with Crippen molar-refractivity contribution in [2.75, 3.05) is 6.61 Å². The van der Waals surface area contributed by atoms with Crippen LogP contribution in [0.4, 0.5) is 0 Å². The van der Waals surface area contributed by atoms with Crippen molar-refractivity contribution < 1.29 is 18.8 Å². The molecule has 0 radical (unpaired) electrons. The van der Waals surface area contributed by atoms with Crippen molar-refractivity contribution in [2.24, 2.45) is 4.40 Å². The molecular weight excluding hydrogens is 384 g/mol. The van der Waals surface area contributed by atoms with E-state index in [-0.39, 0.29) is 12.1 Å². The van der Waals surface area contributed by atoms with Crippen LogP contribution in [0.1, 0.15) is 60.5 Å². The third-order valence-electron chi connectivity index (χ3n) is 3.84. The van der Waals surface area contributed by atoms with Gasteiger partial charge in [-0.2, -0.15) is 0 Å². The predicted octanol–water partition coefficient (Wildman–Crippen LogP) is 4.09. The lowest BCUT2D eigenvalue weighted by Crippen LogP contribution is -2.29. The molecule has 0 amide bonds. The summed E-state index contributed by atoms with van der Waals surface area (Å²) in [6.45, 7) is 7.75. The molecule has 0 N–H and O–H groups in total. The lowest BCUT2D eigenvalue weighted by Gasteiger charge is -2.26. The van der Waals surface area contributed by atoms with Gasteiger partial charge in [-0.1, -0.05) is 16.5 Å². The van der Waals surface area contributed by atoms with Crippen LogP contribution in [-0.4, -0.2) is 32.6 Å². The molecule has 144 valence electrons. The molecule has 8 heteroatoms.